The van der Waals surface area contributed by atoms with E-state index in [2.05, 4.69) is 15.2 Å². The Morgan fingerprint density at radius 2 is 1.70 bits per heavy atom. The van der Waals surface area contributed by atoms with Crippen LogP contribution in [-0.4, -0.2) is 15.2 Å². The second-order valence-electron chi connectivity index (χ2n) is 4.19. The number of phenols is 2. The van der Waals surface area contributed by atoms with Crippen molar-refractivity contribution in [3.63, 3.8) is 0 Å². The molecule has 5 heteroatoms. The second kappa shape index (κ2) is 4.97. The molecule has 0 aliphatic carbocycles. The van der Waals surface area contributed by atoms with Crippen LogP contribution in [0, 0.1) is 0 Å². The molecule has 0 unspecified atom stereocenters. The molecule has 0 spiro atoms. The molecule has 0 aliphatic heterocycles. The van der Waals surface area contributed by atoms with Gasteiger partial charge in [0.05, 0.1) is 11.1 Å². The molecule has 0 saturated carbocycles. The normalized spacial score (nSPS) is 11.2. The molecule has 3 aromatic rings. The molecule has 0 bridgehead atoms. The van der Waals surface area contributed by atoms with E-state index in [0.717, 1.165) is 0 Å². The first-order chi connectivity index (χ1) is 9.75. The van der Waals surface area contributed by atoms with Crippen LogP contribution in [0.5, 0.6) is 11.5 Å². The van der Waals surface area contributed by atoms with Gasteiger partial charge in [-0.1, -0.05) is 18.2 Å². The van der Waals surface area contributed by atoms with Gasteiger partial charge in [0.25, 0.3) is 0 Å². The molecule has 0 aliphatic rings. The van der Waals surface area contributed by atoms with E-state index >= 15 is 0 Å². The van der Waals surface area contributed by atoms with Crippen molar-refractivity contribution in [1.29, 1.82) is 0 Å². The van der Waals surface area contributed by atoms with E-state index in [1.54, 1.807) is 42.6 Å². The predicted molar refractivity (Wildman–Crippen MR) is 75.7 cm³/mol. The van der Waals surface area contributed by atoms with Crippen molar-refractivity contribution >= 4 is 22.3 Å². The summed E-state index contributed by atoms with van der Waals surface area (Å²) >= 11 is 0. The average molecular weight is 265 g/mol. The van der Waals surface area contributed by atoms with Gasteiger partial charge in [-0.3, -0.25) is 0 Å². The van der Waals surface area contributed by atoms with E-state index in [9.17, 15) is 10.2 Å². The number of fused-ring (bicyclic) bond motifs is 1. The van der Waals surface area contributed by atoms with Gasteiger partial charge < -0.3 is 10.2 Å². The minimum atomic E-state index is 0.0494. The van der Waals surface area contributed by atoms with Crippen LogP contribution in [0.1, 0.15) is 0 Å². The smallest absolute Gasteiger partial charge is 0.174 e. The summed E-state index contributed by atoms with van der Waals surface area (Å²) < 4.78 is 0. The highest BCUT2D eigenvalue weighted by atomic mass is 16.3. The first kappa shape index (κ1) is 12.1. The average Bonchev–Trinajstić information content (AvgIpc) is 2.48. The summed E-state index contributed by atoms with van der Waals surface area (Å²) in [7, 11) is 0. The number of hydrogen-bond donors (Lipinski definition) is 2. The van der Waals surface area contributed by atoms with Crippen molar-refractivity contribution in [1.82, 2.24) is 4.98 Å². The van der Waals surface area contributed by atoms with Crippen LogP contribution in [-0.2, 0) is 0 Å². The summed E-state index contributed by atoms with van der Waals surface area (Å²) in [5, 5.41) is 28.9. The van der Waals surface area contributed by atoms with Crippen LogP contribution >= 0.6 is 0 Å². The lowest BCUT2D eigenvalue weighted by atomic mass is 10.1. The molecular weight excluding hydrogens is 254 g/mol. The fraction of sp³-hybridized carbons (Fsp3) is 0. The van der Waals surface area contributed by atoms with Gasteiger partial charge in [-0.05, 0) is 30.3 Å². The standard InChI is InChI=1S/C15H11N3O2/c19-12-8-7-11(15-10(12)4-3-5-13(15)20)17-18-14-6-1-2-9-16-14/h1-9,19-20H. The number of azo groups is 1. The molecule has 0 radical (unpaired) electrons. The third-order valence-corrected chi connectivity index (χ3v) is 2.88. The molecule has 1 aromatic heterocycles. The number of rotatable bonds is 2. The van der Waals surface area contributed by atoms with E-state index in [4.69, 9.17) is 0 Å². The van der Waals surface area contributed by atoms with E-state index in [1.807, 2.05) is 6.07 Å². The molecule has 1 heterocycles. The molecule has 2 aromatic carbocycles. The van der Waals surface area contributed by atoms with Crippen LogP contribution in [0.25, 0.3) is 10.8 Å². The Morgan fingerprint density at radius 3 is 2.50 bits per heavy atom. The maximum absolute atomic E-state index is 9.95. The Hall–Kier alpha value is -2.95. The first-order valence-corrected chi connectivity index (χ1v) is 6.02. The molecule has 0 fully saturated rings. The highest BCUT2D eigenvalue weighted by Gasteiger charge is 2.08. The van der Waals surface area contributed by atoms with E-state index in [1.165, 1.54) is 6.07 Å². The molecule has 20 heavy (non-hydrogen) atoms. The molecule has 98 valence electrons. The monoisotopic (exact) mass is 265 g/mol. The SMILES string of the molecule is Oc1ccc(N=Nc2ccccn2)c2c(O)cccc12. The van der Waals surface area contributed by atoms with Crippen LogP contribution in [0.2, 0.25) is 0 Å². The number of hydrogen-bond acceptors (Lipinski definition) is 5. The summed E-state index contributed by atoms with van der Waals surface area (Å²) in [5.74, 6) is 0.616. The number of phenolic OH excluding ortho intramolecular Hbond substituents is 2. The lowest BCUT2D eigenvalue weighted by molar-refractivity contribution is 0.475. The number of pyridine rings is 1. The summed E-state index contributed by atoms with van der Waals surface area (Å²) in [4.78, 5) is 4.04. The minimum absolute atomic E-state index is 0.0494. The Balaban J connectivity index is 2.13. The number of aromatic hydroxyl groups is 2. The summed E-state index contributed by atoms with van der Waals surface area (Å²) in [6, 6.07) is 13.4. The zero-order valence-electron chi connectivity index (χ0n) is 10.4. The summed E-state index contributed by atoms with van der Waals surface area (Å²) in [6.07, 6.45) is 1.63. The third kappa shape index (κ3) is 2.16. The maximum atomic E-state index is 9.95. The lowest BCUT2D eigenvalue weighted by Crippen LogP contribution is -1.77. The molecular formula is C15H11N3O2. The lowest BCUT2D eigenvalue weighted by Gasteiger charge is -2.05. The number of nitrogens with zero attached hydrogens (tertiary/aromatic N) is 3. The van der Waals surface area contributed by atoms with Crippen molar-refractivity contribution in [3.8, 4) is 11.5 Å². The number of aromatic nitrogens is 1. The van der Waals surface area contributed by atoms with Gasteiger partial charge in [0.1, 0.15) is 11.5 Å². The highest BCUT2D eigenvalue weighted by Crippen LogP contribution is 2.38. The van der Waals surface area contributed by atoms with Gasteiger partial charge >= 0.3 is 0 Å². The first-order valence-electron chi connectivity index (χ1n) is 6.02. The van der Waals surface area contributed by atoms with Crippen LogP contribution in [0.15, 0.2) is 65.0 Å². The van der Waals surface area contributed by atoms with Crippen molar-refractivity contribution in [2.45, 2.75) is 0 Å². The fourth-order valence-electron chi connectivity index (χ4n) is 1.96. The Morgan fingerprint density at radius 1 is 0.800 bits per heavy atom. The topological polar surface area (TPSA) is 78.1 Å². The third-order valence-electron chi connectivity index (χ3n) is 2.88. The molecule has 0 saturated heterocycles. The van der Waals surface area contributed by atoms with E-state index in [-0.39, 0.29) is 11.5 Å². The van der Waals surface area contributed by atoms with Crippen LogP contribution < -0.4 is 0 Å². The van der Waals surface area contributed by atoms with Gasteiger partial charge in [0, 0.05) is 11.6 Å². The minimum Gasteiger partial charge on any atom is -0.507 e. The summed E-state index contributed by atoms with van der Waals surface area (Å²) in [5.41, 5.74) is 0.474. The molecule has 5 nitrogen and oxygen atoms in total. The maximum Gasteiger partial charge on any atom is 0.174 e. The largest absolute Gasteiger partial charge is 0.507 e. The van der Waals surface area contributed by atoms with Crippen molar-refractivity contribution in [2.75, 3.05) is 0 Å². The highest BCUT2D eigenvalue weighted by molar-refractivity contribution is 6.00. The zero-order valence-corrected chi connectivity index (χ0v) is 10.4. The van der Waals surface area contributed by atoms with Gasteiger partial charge in [0.15, 0.2) is 5.82 Å². The zero-order chi connectivity index (χ0) is 13.9. The molecule has 3 rings (SSSR count). The molecule has 2 N–H and O–H groups in total. The van der Waals surface area contributed by atoms with E-state index in [0.29, 0.717) is 22.3 Å². The van der Waals surface area contributed by atoms with Crippen molar-refractivity contribution < 1.29 is 10.2 Å². The van der Waals surface area contributed by atoms with Gasteiger partial charge in [-0.2, -0.15) is 0 Å². The van der Waals surface area contributed by atoms with Crippen molar-refractivity contribution in [2.24, 2.45) is 10.2 Å². The van der Waals surface area contributed by atoms with E-state index < -0.39 is 0 Å². The predicted octanol–water partition coefficient (Wildman–Crippen LogP) is 4.06. The van der Waals surface area contributed by atoms with Crippen LogP contribution in [0.3, 0.4) is 0 Å². The Labute approximate surface area is 114 Å². The summed E-state index contributed by atoms with van der Waals surface area (Å²) in [6.45, 7) is 0. The number of benzene rings is 2. The fourth-order valence-corrected chi connectivity index (χ4v) is 1.96. The quantitative estimate of drug-likeness (QED) is 0.686. The van der Waals surface area contributed by atoms with Gasteiger partial charge in [-0.25, -0.2) is 4.98 Å². The second-order valence-corrected chi connectivity index (χ2v) is 4.19. The van der Waals surface area contributed by atoms with Gasteiger partial charge in [-0.15, -0.1) is 10.2 Å². The Bertz CT molecular complexity index is 786. The van der Waals surface area contributed by atoms with Crippen molar-refractivity contribution in [3.05, 3.63) is 54.7 Å². The van der Waals surface area contributed by atoms with Crippen LogP contribution in [0.4, 0.5) is 11.5 Å². The van der Waals surface area contributed by atoms with Gasteiger partial charge in [0.2, 0.25) is 0 Å². The molecule has 0 amide bonds. The molecule has 0 atom stereocenters. The Kier molecular flexibility index (Phi) is 3.01.